The Morgan fingerprint density at radius 2 is 2.29 bits per heavy atom. The summed E-state index contributed by atoms with van der Waals surface area (Å²) < 4.78 is 0. The summed E-state index contributed by atoms with van der Waals surface area (Å²) in [5, 5.41) is 8.84. The number of carboxylic acid groups (broad SMARTS) is 1. The standard InChI is InChI=1S/C14H21NO2/c1-9-3-4-10(7-12(15)13(16)17)8-14(9,2)11-5-6-11/h3-4,8-9,11-12H,5-7,15H2,1-2H3,(H,16,17). The molecule has 3 heteroatoms. The van der Waals surface area contributed by atoms with Gasteiger partial charge in [-0.1, -0.05) is 32.1 Å². The minimum absolute atomic E-state index is 0.197. The molecule has 3 atom stereocenters. The zero-order valence-electron chi connectivity index (χ0n) is 10.5. The Morgan fingerprint density at radius 1 is 1.65 bits per heavy atom. The second kappa shape index (κ2) is 4.30. The van der Waals surface area contributed by atoms with Crippen molar-refractivity contribution in [3.63, 3.8) is 0 Å². The molecule has 17 heavy (non-hydrogen) atoms. The molecule has 0 bridgehead atoms. The van der Waals surface area contributed by atoms with Crippen molar-refractivity contribution < 1.29 is 9.90 Å². The molecule has 0 saturated heterocycles. The van der Waals surface area contributed by atoms with Gasteiger partial charge in [-0.3, -0.25) is 4.79 Å². The second-order valence-corrected chi connectivity index (χ2v) is 5.66. The van der Waals surface area contributed by atoms with Gasteiger partial charge in [0.25, 0.3) is 0 Å². The number of nitrogens with two attached hydrogens (primary N) is 1. The molecule has 0 spiro atoms. The van der Waals surface area contributed by atoms with E-state index in [1.807, 2.05) is 6.08 Å². The summed E-state index contributed by atoms with van der Waals surface area (Å²) in [6.45, 7) is 4.52. The Kier molecular flexibility index (Phi) is 3.13. The molecule has 2 rings (SSSR count). The predicted molar refractivity (Wildman–Crippen MR) is 67.4 cm³/mol. The van der Waals surface area contributed by atoms with Crippen LogP contribution in [0.5, 0.6) is 0 Å². The maximum atomic E-state index is 10.8. The Balaban J connectivity index is 2.13. The van der Waals surface area contributed by atoms with Crippen LogP contribution < -0.4 is 5.73 Å². The van der Waals surface area contributed by atoms with Crippen LogP contribution in [-0.2, 0) is 4.79 Å². The minimum atomic E-state index is -0.925. The average molecular weight is 235 g/mol. The zero-order valence-corrected chi connectivity index (χ0v) is 10.5. The van der Waals surface area contributed by atoms with Gasteiger partial charge in [0.05, 0.1) is 0 Å². The van der Waals surface area contributed by atoms with Crippen LogP contribution in [0.15, 0.2) is 23.8 Å². The Labute approximate surface area is 102 Å². The normalized spacial score (nSPS) is 34.3. The van der Waals surface area contributed by atoms with E-state index < -0.39 is 12.0 Å². The van der Waals surface area contributed by atoms with Crippen LogP contribution >= 0.6 is 0 Å². The Hall–Kier alpha value is -1.09. The van der Waals surface area contributed by atoms with Gasteiger partial charge < -0.3 is 10.8 Å². The number of carboxylic acids is 1. The van der Waals surface area contributed by atoms with Gasteiger partial charge in [-0.25, -0.2) is 0 Å². The summed E-state index contributed by atoms with van der Waals surface area (Å²) in [5.74, 6) is 0.365. The van der Waals surface area contributed by atoms with Crippen LogP contribution in [0.25, 0.3) is 0 Å². The van der Waals surface area contributed by atoms with E-state index in [4.69, 9.17) is 10.8 Å². The molecule has 3 unspecified atom stereocenters. The molecule has 2 aliphatic rings. The lowest BCUT2D eigenvalue weighted by Crippen LogP contribution is -2.32. The third kappa shape index (κ3) is 2.44. The monoisotopic (exact) mass is 235 g/mol. The smallest absolute Gasteiger partial charge is 0.320 e. The van der Waals surface area contributed by atoms with Crippen molar-refractivity contribution >= 4 is 5.97 Å². The van der Waals surface area contributed by atoms with E-state index in [1.54, 1.807) is 0 Å². The first-order valence-electron chi connectivity index (χ1n) is 6.32. The van der Waals surface area contributed by atoms with Crippen molar-refractivity contribution in [3.8, 4) is 0 Å². The first kappa shape index (κ1) is 12.4. The summed E-state index contributed by atoms with van der Waals surface area (Å²) in [6, 6.07) is -0.789. The number of hydrogen-bond acceptors (Lipinski definition) is 2. The molecule has 0 heterocycles. The van der Waals surface area contributed by atoms with Gasteiger partial charge in [0.2, 0.25) is 0 Å². The minimum Gasteiger partial charge on any atom is -0.480 e. The lowest BCUT2D eigenvalue weighted by molar-refractivity contribution is -0.138. The molecule has 1 saturated carbocycles. The fraction of sp³-hybridized carbons (Fsp3) is 0.643. The highest BCUT2D eigenvalue weighted by Crippen LogP contribution is 2.53. The number of hydrogen-bond donors (Lipinski definition) is 2. The van der Waals surface area contributed by atoms with Crippen LogP contribution in [0.1, 0.15) is 33.1 Å². The molecule has 2 aliphatic carbocycles. The topological polar surface area (TPSA) is 63.3 Å². The van der Waals surface area contributed by atoms with Crippen molar-refractivity contribution in [2.45, 2.75) is 39.2 Å². The van der Waals surface area contributed by atoms with Crippen molar-refractivity contribution in [2.24, 2.45) is 23.0 Å². The third-order valence-corrected chi connectivity index (χ3v) is 4.31. The maximum absolute atomic E-state index is 10.8. The van der Waals surface area contributed by atoms with Crippen LogP contribution in [-0.4, -0.2) is 17.1 Å². The van der Waals surface area contributed by atoms with Gasteiger partial charge in [0, 0.05) is 0 Å². The van der Waals surface area contributed by atoms with E-state index in [1.165, 1.54) is 12.8 Å². The largest absolute Gasteiger partial charge is 0.480 e. The average Bonchev–Trinajstić information content (AvgIpc) is 3.07. The summed E-state index contributed by atoms with van der Waals surface area (Å²) in [4.78, 5) is 10.8. The number of aliphatic carboxylic acids is 1. The van der Waals surface area contributed by atoms with Crippen LogP contribution in [0.3, 0.4) is 0 Å². The number of rotatable bonds is 4. The highest BCUT2D eigenvalue weighted by molar-refractivity contribution is 5.73. The molecule has 3 nitrogen and oxygen atoms in total. The van der Waals surface area contributed by atoms with E-state index >= 15 is 0 Å². The van der Waals surface area contributed by atoms with E-state index in [0.29, 0.717) is 12.3 Å². The maximum Gasteiger partial charge on any atom is 0.320 e. The van der Waals surface area contributed by atoms with Crippen LogP contribution in [0.2, 0.25) is 0 Å². The highest BCUT2D eigenvalue weighted by Gasteiger charge is 2.43. The predicted octanol–water partition coefficient (Wildman–Crippen LogP) is 2.34. The number of carbonyl (C=O) groups is 1. The van der Waals surface area contributed by atoms with Crippen LogP contribution in [0.4, 0.5) is 0 Å². The SMILES string of the molecule is CC1C=CC(CC(N)C(=O)O)=CC1(C)C1CC1. The van der Waals surface area contributed by atoms with Gasteiger partial charge in [0.15, 0.2) is 0 Å². The Bertz CT molecular complexity index is 382. The van der Waals surface area contributed by atoms with Gasteiger partial charge in [-0.05, 0) is 42.1 Å². The number of allylic oxidation sites excluding steroid dienone is 3. The summed E-state index contributed by atoms with van der Waals surface area (Å²) in [6.07, 6.45) is 9.52. The highest BCUT2D eigenvalue weighted by atomic mass is 16.4. The Morgan fingerprint density at radius 3 is 2.82 bits per heavy atom. The molecule has 1 fully saturated rings. The van der Waals surface area contributed by atoms with Gasteiger partial charge in [-0.15, -0.1) is 0 Å². The quantitative estimate of drug-likeness (QED) is 0.786. The first-order valence-corrected chi connectivity index (χ1v) is 6.32. The van der Waals surface area contributed by atoms with Crippen molar-refractivity contribution in [1.29, 1.82) is 0 Å². The molecular weight excluding hydrogens is 214 g/mol. The molecule has 94 valence electrons. The molecule has 0 aromatic rings. The fourth-order valence-electron chi connectivity index (χ4n) is 2.72. The third-order valence-electron chi connectivity index (χ3n) is 4.31. The van der Waals surface area contributed by atoms with E-state index in [2.05, 4.69) is 26.0 Å². The first-order chi connectivity index (χ1) is 7.93. The molecule has 0 aliphatic heterocycles. The van der Waals surface area contributed by atoms with E-state index in [-0.39, 0.29) is 5.41 Å². The molecule has 0 aromatic heterocycles. The summed E-state index contributed by atoms with van der Waals surface area (Å²) >= 11 is 0. The van der Waals surface area contributed by atoms with Gasteiger partial charge in [-0.2, -0.15) is 0 Å². The zero-order chi connectivity index (χ0) is 12.6. The summed E-state index contributed by atoms with van der Waals surface area (Å²) in [5.41, 5.74) is 6.86. The molecule has 0 amide bonds. The summed E-state index contributed by atoms with van der Waals surface area (Å²) in [7, 11) is 0. The lowest BCUT2D eigenvalue weighted by atomic mass is 9.69. The molecule has 0 aromatic carbocycles. The van der Waals surface area contributed by atoms with Crippen molar-refractivity contribution in [1.82, 2.24) is 0 Å². The van der Waals surface area contributed by atoms with Crippen LogP contribution in [0, 0.1) is 17.3 Å². The molecule has 0 radical (unpaired) electrons. The molecular formula is C14H21NO2. The van der Waals surface area contributed by atoms with Crippen molar-refractivity contribution in [3.05, 3.63) is 23.8 Å². The van der Waals surface area contributed by atoms with Gasteiger partial charge in [0.1, 0.15) is 6.04 Å². The van der Waals surface area contributed by atoms with E-state index in [0.717, 1.165) is 11.5 Å². The lowest BCUT2D eigenvalue weighted by Gasteiger charge is -2.35. The van der Waals surface area contributed by atoms with Crippen molar-refractivity contribution in [2.75, 3.05) is 0 Å². The second-order valence-electron chi connectivity index (χ2n) is 5.66. The molecule has 3 N–H and O–H groups in total. The van der Waals surface area contributed by atoms with E-state index in [9.17, 15) is 4.79 Å². The fourth-order valence-corrected chi connectivity index (χ4v) is 2.72. The van der Waals surface area contributed by atoms with Gasteiger partial charge >= 0.3 is 5.97 Å².